The normalized spacial score (nSPS) is 13.3. The summed E-state index contributed by atoms with van der Waals surface area (Å²) in [5.74, 6) is -1.52. The van der Waals surface area contributed by atoms with E-state index in [0.29, 0.717) is 25.1 Å². The lowest BCUT2D eigenvalue weighted by molar-refractivity contribution is -0.140. The van der Waals surface area contributed by atoms with E-state index in [9.17, 15) is 22.4 Å². The van der Waals surface area contributed by atoms with Gasteiger partial charge in [-0.25, -0.2) is 4.39 Å². The molecular weight excluding hydrogens is 274 g/mol. The zero-order valence-corrected chi connectivity index (χ0v) is 11.1. The summed E-state index contributed by atoms with van der Waals surface area (Å²) in [7, 11) is 0. The summed E-state index contributed by atoms with van der Waals surface area (Å²) in [5, 5.41) is 0. The third kappa shape index (κ3) is 4.59. The smallest absolute Gasteiger partial charge is 0.330 e. The Hall–Kier alpha value is -1.43. The van der Waals surface area contributed by atoms with Crippen LogP contribution in [0.4, 0.5) is 17.6 Å². The molecule has 0 aliphatic heterocycles. The maximum absolute atomic E-state index is 13.3. The summed E-state index contributed by atoms with van der Waals surface area (Å²) < 4.78 is 50.5. The van der Waals surface area contributed by atoms with E-state index in [2.05, 4.69) is 0 Å². The van der Waals surface area contributed by atoms with Crippen LogP contribution in [0.5, 0.6) is 0 Å². The van der Waals surface area contributed by atoms with Gasteiger partial charge in [0.15, 0.2) is 5.78 Å². The van der Waals surface area contributed by atoms with Crippen LogP contribution in [0.3, 0.4) is 0 Å². The van der Waals surface area contributed by atoms with Gasteiger partial charge in [-0.15, -0.1) is 0 Å². The molecule has 0 amide bonds. The van der Waals surface area contributed by atoms with Crippen LogP contribution >= 0.6 is 0 Å². The van der Waals surface area contributed by atoms with E-state index in [1.54, 1.807) is 0 Å². The monoisotopic (exact) mass is 291 g/mol. The molecule has 0 spiro atoms. The average Bonchev–Trinajstić information content (AvgIpc) is 2.34. The first kappa shape index (κ1) is 16.6. The number of alkyl halides is 3. The van der Waals surface area contributed by atoms with Crippen molar-refractivity contribution in [2.45, 2.75) is 32.4 Å². The van der Waals surface area contributed by atoms with E-state index in [1.807, 2.05) is 6.92 Å². The van der Waals surface area contributed by atoms with Gasteiger partial charge >= 0.3 is 6.18 Å². The molecule has 1 unspecified atom stereocenters. The van der Waals surface area contributed by atoms with Crippen LogP contribution in [0.15, 0.2) is 18.2 Å². The molecule has 0 aromatic heterocycles. The second kappa shape index (κ2) is 6.83. The number of carbonyl (C=O) groups is 1. The van der Waals surface area contributed by atoms with E-state index in [1.165, 1.54) is 0 Å². The highest BCUT2D eigenvalue weighted by atomic mass is 19.4. The average molecular weight is 291 g/mol. The Morgan fingerprint density at radius 1 is 1.30 bits per heavy atom. The van der Waals surface area contributed by atoms with E-state index < -0.39 is 17.6 Å². The highest BCUT2D eigenvalue weighted by Crippen LogP contribution is 2.31. The number of Topliss-reactive ketones (excluding diaryl/α,β-unsaturated/α-hetero) is 1. The number of hydrogen-bond acceptors (Lipinski definition) is 2. The highest BCUT2D eigenvalue weighted by molar-refractivity contribution is 5.96. The number of hydrogen-bond donors (Lipinski definition) is 1. The van der Waals surface area contributed by atoms with Gasteiger partial charge in [-0.1, -0.05) is 13.0 Å². The molecule has 0 saturated carbocycles. The molecule has 2 nitrogen and oxygen atoms in total. The number of carbonyl (C=O) groups excluding carboxylic acids is 1. The molecule has 0 saturated heterocycles. The molecule has 0 heterocycles. The Bertz CT molecular complexity index is 471. The van der Waals surface area contributed by atoms with Crippen LogP contribution in [0, 0.1) is 11.7 Å². The van der Waals surface area contributed by atoms with Gasteiger partial charge < -0.3 is 5.73 Å². The molecule has 20 heavy (non-hydrogen) atoms. The number of benzene rings is 1. The van der Waals surface area contributed by atoms with Crippen molar-refractivity contribution in [1.29, 1.82) is 0 Å². The summed E-state index contributed by atoms with van der Waals surface area (Å²) in [4.78, 5) is 11.8. The third-order valence-electron chi connectivity index (χ3n) is 3.12. The Labute approximate surface area is 115 Å². The minimum Gasteiger partial charge on any atom is -0.330 e. The van der Waals surface area contributed by atoms with Crippen LogP contribution in [0.25, 0.3) is 0 Å². The maximum Gasteiger partial charge on any atom is 0.419 e. The van der Waals surface area contributed by atoms with Crippen LogP contribution in [0.2, 0.25) is 0 Å². The lowest BCUT2D eigenvalue weighted by Crippen LogP contribution is -2.11. The minimum atomic E-state index is -4.75. The fourth-order valence-electron chi connectivity index (χ4n) is 1.87. The van der Waals surface area contributed by atoms with Crippen molar-refractivity contribution in [3.05, 3.63) is 35.1 Å². The minimum absolute atomic E-state index is 0.0320. The van der Waals surface area contributed by atoms with E-state index in [4.69, 9.17) is 5.73 Å². The highest BCUT2D eigenvalue weighted by Gasteiger charge is 2.34. The maximum atomic E-state index is 13.3. The van der Waals surface area contributed by atoms with Gasteiger partial charge in [0.05, 0.1) is 5.56 Å². The van der Waals surface area contributed by atoms with Gasteiger partial charge in [0.1, 0.15) is 5.82 Å². The summed E-state index contributed by atoms with van der Waals surface area (Å²) in [6.07, 6.45) is -3.22. The quantitative estimate of drug-likeness (QED) is 0.640. The lowest BCUT2D eigenvalue weighted by Gasteiger charge is -2.10. The molecule has 0 radical (unpaired) electrons. The second-order valence-corrected chi connectivity index (χ2v) is 4.84. The van der Waals surface area contributed by atoms with E-state index >= 15 is 0 Å². The zero-order chi connectivity index (χ0) is 15.3. The molecule has 1 aromatic rings. The first-order valence-electron chi connectivity index (χ1n) is 6.35. The fourth-order valence-corrected chi connectivity index (χ4v) is 1.87. The van der Waals surface area contributed by atoms with Crippen LogP contribution in [-0.2, 0) is 6.18 Å². The number of rotatable bonds is 6. The van der Waals surface area contributed by atoms with Crippen molar-refractivity contribution in [3.63, 3.8) is 0 Å². The molecule has 0 bridgehead atoms. The predicted molar refractivity (Wildman–Crippen MR) is 67.8 cm³/mol. The van der Waals surface area contributed by atoms with E-state index in [0.717, 1.165) is 12.5 Å². The zero-order valence-electron chi connectivity index (χ0n) is 11.1. The molecule has 1 atom stereocenters. The van der Waals surface area contributed by atoms with Crippen molar-refractivity contribution in [3.8, 4) is 0 Å². The van der Waals surface area contributed by atoms with Gasteiger partial charge in [0, 0.05) is 12.0 Å². The first-order valence-corrected chi connectivity index (χ1v) is 6.35. The van der Waals surface area contributed by atoms with Crippen LogP contribution in [-0.4, -0.2) is 12.3 Å². The largest absolute Gasteiger partial charge is 0.419 e. The third-order valence-corrected chi connectivity index (χ3v) is 3.12. The SMILES string of the molecule is CC(CCN)CCC(=O)c1ccc(C(F)(F)F)c(F)c1. The molecule has 6 heteroatoms. The molecule has 0 aliphatic rings. The van der Waals surface area contributed by atoms with Crippen molar-refractivity contribution in [1.82, 2.24) is 0 Å². The molecule has 0 aliphatic carbocycles. The molecular formula is C14H17F4NO. The lowest BCUT2D eigenvalue weighted by atomic mass is 9.97. The van der Waals surface area contributed by atoms with Crippen molar-refractivity contribution in [2.75, 3.05) is 6.54 Å². The molecule has 1 aromatic carbocycles. The topological polar surface area (TPSA) is 43.1 Å². The Morgan fingerprint density at radius 3 is 2.45 bits per heavy atom. The van der Waals surface area contributed by atoms with Crippen LogP contribution in [0.1, 0.15) is 42.1 Å². The molecule has 1 rings (SSSR count). The van der Waals surface area contributed by atoms with Crippen molar-refractivity contribution >= 4 is 5.78 Å². The van der Waals surface area contributed by atoms with Crippen LogP contribution < -0.4 is 5.73 Å². The number of halogens is 4. The fraction of sp³-hybridized carbons (Fsp3) is 0.500. The summed E-state index contributed by atoms with van der Waals surface area (Å²) >= 11 is 0. The number of nitrogens with two attached hydrogens (primary N) is 1. The number of ketones is 1. The Kier molecular flexibility index (Phi) is 5.68. The molecule has 2 N–H and O–H groups in total. The predicted octanol–water partition coefficient (Wildman–Crippen LogP) is 3.79. The van der Waals surface area contributed by atoms with Gasteiger partial charge in [0.2, 0.25) is 0 Å². The standard InChI is InChI=1S/C14H17F4NO/c1-9(6-7-19)2-5-13(20)10-3-4-11(12(15)8-10)14(16,17)18/h3-4,8-9H,2,5-7,19H2,1H3. The Balaban J connectivity index is 2.73. The van der Waals surface area contributed by atoms with Gasteiger partial charge in [-0.05, 0) is 37.4 Å². The van der Waals surface area contributed by atoms with Gasteiger partial charge in [-0.3, -0.25) is 4.79 Å². The summed E-state index contributed by atoms with van der Waals surface area (Å²) in [6.45, 7) is 2.46. The van der Waals surface area contributed by atoms with Gasteiger partial charge in [0.25, 0.3) is 0 Å². The molecule has 0 fully saturated rings. The van der Waals surface area contributed by atoms with Crippen molar-refractivity contribution < 1.29 is 22.4 Å². The van der Waals surface area contributed by atoms with Gasteiger partial charge in [-0.2, -0.15) is 13.2 Å². The Morgan fingerprint density at radius 2 is 1.95 bits per heavy atom. The summed E-state index contributed by atoms with van der Waals surface area (Å²) in [6, 6.07) is 2.27. The second-order valence-electron chi connectivity index (χ2n) is 4.84. The van der Waals surface area contributed by atoms with Crippen molar-refractivity contribution in [2.24, 2.45) is 11.7 Å². The summed E-state index contributed by atoms with van der Waals surface area (Å²) in [5.41, 5.74) is 4.00. The molecule has 112 valence electrons. The van der Waals surface area contributed by atoms with E-state index in [-0.39, 0.29) is 23.7 Å². The first-order chi connectivity index (χ1) is 9.25.